The minimum Gasteiger partial charge on any atom is -0.452 e. The van der Waals surface area contributed by atoms with E-state index in [4.69, 9.17) is 16.3 Å². The van der Waals surface area contributed by atoms with Crippen molar-refractivity contribution in [2.24, 2.45) is 0 Å². The van der Waals surface area contributed by atoms with Gasteiger partial charge in [-0.1, -0.05) is 11.6 Å². The van der Waals surface area contributed by atoms with Crippen molar-refractivity contribution in [1.82, 2.24) is 0 Å². The molecule has 0 radical (unpaired) electrons. The van der Waals surface area contributed by atoms with Gasteiger partial charge in [0.05, 0.1) is 17.4 Å². The number of carbonyl (C=O) groups is 4. The first-order valence-electron chi connectivity index (χ1n) is 9.11. The summed E-state index contributed by atoms with van der Waals surface area (Å²) in [6, 6.07) is 11.5. The number of ketones is 1. The highest BCUT2D eigenvalue weighted by Crippen LogP contribution is 2.38. The first-order chi connectivity index (χ1) is 14.2. The Labute approximate surface area is 182 Å². The molecule has 2 N–H and O–H groups in total. The summed E-state index contributed by atoms with van der Waals surface area (Å²) in [5.41, 5.74) is 1.61. The predicted octanol–water partition coefficient (Wildman–Crippen LogP) is 3.92. The standard InChI is InChI=1S/C21H19ClN2O5S/c1-11(25)13-3-6-15(7-4-13)23-20(27)12(2)29-19(26)10-18-21(28)24-16-9-14(22)5-8-17(16)30-18/h3-9,12,18H,10H2,1-2H3,(H,23,27)(H,24,28). The molecule has 3 rings (SSSR count). The number of anilines is 2. The van der Waals surface area contributed by atoms with E-state index in [1.807, 2.05) is 0 Å². The molecule has 2 aromatic rings. The highest BCUT2D eigenvalue weighted by atomic mass is 35.5. The van der Waals surface area contributed by atoms with E-state index in [0.29, 0.717) is 22.0 Å². The van der Waals surface area contributed by atoms with Gasteiger partial charge in [-0.25, -0.2) is 0 Å². The summed E-state index contributed by atoms with van der Waals surface area (Å²) >= 11 is 7.17. The van der Waals surface area contributed by atoms with Crippen molar-refractivity contribution < 1.29 is 23.9 Å². The van der Waals surface area contributed by atoms with Crippen LogP contribution in [-0.2, 0) is 19.1 Å². The molecule has 0 fully saturated rings. The smallest absolute Gasteiger partial charge is 0.308 e. The second-order valence-corrected chi connectivity index (χ2v) is 8.38. The molecule has 0 saturated carbocycles. The lowest BCUT2D eigenvalue weighted by atomic mass is 10.1. The number of rotatable bonds is 6. The van der Waals surface area contributed by atoms with Gasteiger partial charge in [0.1, 0.15) is 0 Å². The van der Waals surface area contributed by atoms with E-state index in [1.165, 1.54) is 25.6 Å². The highest BCUT2D eigenvalue weighted by Gasteiger charge is 2.30. The highest BCUT2D eigenvalue weighted by molar-refractivity contribution is 8.01. The van der Waals surface area contributed by atoms with Gasteiger partial charge in [0.25, 0.3) is 5.91 Å². The van der Waals surface area contributed by atoms with E-state index in [-0.39, 0.29) is 18.1 Å². The Morgan fingerprint density at radius 3 is 2.57 bits per heavy atom. The summed E-state index contributed by atoms with van der Waals surface area (Å²) in [4.78, 5) is 48.9. The van der Waals surface area contributed by atoms with Crippen LogP contribution in [0.25, 0.3) is 0 Å². The summed E-state index contributed by atoms with van der Waals surface area (Å²) in [6.45, 7) is 2.90. The molecule has 1 aliphatic rings. The summed E-state index contributed by atoms with van der Waals surface area (Å²) in [7, 11) is 0. The van der Waals surface area contributed by atoms with Crippen LogP contribution in [0.4, 0.5) is 11.4 Å². The van der Waals surface area contributed by atoms with Crippen LogP contribution in [0.1, 0.15) is 30.6 Å². The SMILES string of the molecule is CC(=O)c1ccc(NC(=O)C(C)OC(=O)CC2Sc3ccc(Cl)cc3NC2=O)cc1. The number of Topliss-reactive ketones (excluding diaryl/α,β-unsaturated/α-hetero) is 1. The number of esters is 1. The summed E-state index contributed by atoms with van der Waals surface area (Å²) < 4.78 is 5.18. The third-order valence-electron chi connectivity index (χ3n) is 4.35. The number of carbonyl (C=O) groups excluding carboxylic acids is 4. The zero-order chi connectivity index (χ0) is 21.8. The van der Waals surface area contributed by atoms with Gasteiger partial charge in [0.15, 0.2) is 11.9 Å². The van der Waals surface area contributed by atoms with Crippen molar-refractivity contribution in [3.05, 3.63) is 53.1 Å². The number of ether oxygens (including phenoxy) is 1. The molecule has 1 heterocycles. The summed E-state index contributed by atoms with van der Waals surface area (Å²) in [5.74, 6) is -1.57. The molecule has 0 spiro atoms. The van der Waals surface area contributed by atoms with Crippen molar-refractivity contribution in [1.29, 1.82) is 0 Å². The van der Waals surface area contributed by atoms with Crippen molar-refractivity contribution in [3.63, 3.8) is 0 Å². The Kier molecular flexibility index (Phi) is 6.79. The zero-order valence-electron chi connectivity index (χ0n) is 16.2. The van der Waals surface area contributed by atoms with Crippen molar-refractivity contribution in [3.8, 4) is 0 Å². The van der Waals surface area contributed by atoms with Crippen molar-refractivity contribution in [2.45, 2.75) is 36.5 Å². The third-order valence-corrected chi connectivity index (χ3v) is 5.86. The molecule has 1 aliphatic heterocycles. The van der Waals surface area contributed by atoms with E-state index >= 15 is 0 Å². The van der Waals surface area contributed by atoms with Gasteiger partial charge in [0, 0.05) is 21.2 Å². The first-order valence-corrected chi connectivity index (χ1v) is 10.4. The molecule has 2 unspecified atom stereocenters. The Bertz CT molecular complexity index is 1010. The van der Waals surface area contributed by atoms with Crippen LogP contribution in [0.3, 0.4) is 0 Å². The molecule has 0 aromatic heterocycles. The van der Waals surface area contributed by atoms with E-state index < -0.39 is 23.2 Å². The molecule has 9 heteroatoms. The largest absolute Gasteiger partial charge is 0.452 e. The summed E-state index contributed by atoms with van der Waals surface area (Å²) in [5, 5.41) is 5.18. The monoisotopic (exact) mass is 446 g/mol. The van der Waals surface area contributed by atoms with Crippen LogP contribution < -0.4 is 10.6 Å². The third kappa shape index (κ3) is 5.40. The number of halogens is 1. The second kappa shape index (κ2) is 9.32. The molecular weight excluding hydrogens is 428 g/mol. The van der Waals surface area contributed by atoms with Gasteiger partial charge < -0.3 is 15.4 Å². The Balaban J connectivity index is 1.53. The van der Waals surface area contributed by atoms with E-state index in [9.17, 15) is 19.2 Å². The molecule has 156 valence electrons. The molecule has 2 amide bonds. The van der Waals surface area contributed by atoms with Crippen LogP contribution >= 0.6 is 23.4 Å². The molecule has 0 bridgehead atoms. The van der Waals surface area contributed by atoms with E-state index in [0.717, 1.165) is 4.90 Å². The zero-order valence-corrected chi connectivity index (χ0v) is 17.8. The number of hydrogen-bond acceptors (Lipinski definition) is 6. The first kappa shape index (κ1) is 21.9. The van der Waals surface area contributed by atoms with Gasteiger partial charge in [-0.05, 0) is 56.3 Å². The Hall–Kier alpha value is -2.84. The fraction of sp³-hybridized carbons (Fsp3) is 0.238. The lowest BCUT2D eigenvalue weighted by Gasteiger charge is -2.24. The predicted molar refractivity (Wildman–Crippen MR) is 115 cm³/mol. The summed E-state index contributed by atoms with van der Waals surface area (Å²) in [6.07, 6.45) is -1.23. The molecule has 2 atom stereocenters. The van der Waals surface area contributed by atoms with Crippen LogP contribution in [0.2, 0.25) is 5.02 Å². The molecule has 30 heavy (non-hydrogen) atoms. The Morgan fingerprint density at radius 1 is 1.20 bits per heavy atom. The van der Waals surface area contributed by atoms with Crippen molar-refractivity contribution >= 4 is 58.3 Å². The minimum atomic E-state index is -1.05. The maximum Gasteiger partial charge on any atom is 0.308 e. The topological polar surface area (TPSA) is 102 Å². The Morgan fingerprint density at radius 2 is 1.90 bits per heavy atom. The number of hydrogen-bond donors (Lipinski definition) is 2. The molecule has 2 aromatic carbocycles. The number of thioether (sulfide) groups is 1. The molecule has 0 saturated heterocycles. The second-order valence-electron chi connectivity index (χ2n) is 6.70. The van der Waals surface area contributed by atoms with Gasteiger partial charge in [0.2, 0.25) is 5.91 Å². The fourth-order valence-corrected chi connectivity index (χ4v) is 3.99. The van der Waals surface area contributed by atoms with Crippen molar-refractivity contribution in [2.75, 3.05) is 10.6 Å². The fourth-order valence-electron chi connectivity index (χ4n) is 2.74. The average Bonchev–Trinajstić information content (AvgIpc) is 2.69. The quantitative estimate of drug-likeness (QED) is 0.515. The van der Waals surface area contributed by atoms with Gasteiger partial charge in [-0.2, -0.15) is 0 Å². The van der Waals surface area contributed by atoms with Crippen LogP contribution in [0.15, 0.2) is 47.4 Å². The van der Waals surface area contributed by atoms with Gasteiger partial charge >= 0.3 is 5.97 Å². The lowest BCUT2D eigenvalue weighted by Crippen LogP contribution is -2.34. The number of benzene rings is 2. The maximum absolute atomic E-state index is 12.3. The van der Waals surface area contributed by atoms with Gasteiger partial charge in [-0.15, -0.1) is 11.8 Å². The normalized spacial score (nSPS) is 16.1. The molecular formula is C21H19ClN2O5S. The minimum absolute atomic E-state index is 0.0782. The van der Waals surface area contributed by atoms with E-state index in [1.54, 1.807) is 42.5 Å². The van der Waals surface area contributed by atoms with Crippen LogP contribution in [0, 0.1) is 0 Å². The van der Waals surface area contributed by atoms with Crippen LogP contribution in [-0.4, -0.2) is 34.9 Å². The molecule has 7 nitrogen and oxygen atoms in total. The number of nitrogens with one attached hydrogen (secondary N) is 2. The number of fused-ring (bicyclic) bond motifs is 1. The number of amides is 2. The maximum atomic E-state index is 12.3. The van der Waals surface area contributed by atoms with E-state index in [2.05, 4.69) is 10.6 Å². The van der Waals surface area contributed by atoms with Gasteiger partial charge in [-0.3, -0.25) is 19.2 Å². The average molecular weight is 447 g/mol. The van der Waals surface area contributed by atoms with Crippen LogP contribution in [0.5, 0.6) is 0 Å². The molecule has 0 aliphatic carbocycles. The lowest BCUT2D eigenvalue weighted by molar-refractivity contribution is -0.153.